The topological polar surface area (TPSA) is 39.2 Å². The first-order chi connectivity index (χ1) is 9.42. The molecule has 0 bridgehead atoms. The van der Waals surface area contributed by atoms with E-state index in [1.54, 1.807) is 0 Å². The number of carbonyl (C=O) groups is 1. The molecule has 0 aromatic carbocycles. The Bertz CT molecular complexity index is 522. The number of carbonyl (C=O) groups excluding carboxylic acids is 1. The van der Waals surface area contributed by atoms with Gasteiger partial charge >= 0.3 is 5.97 Å². The standard InChI is InChI=1S/C17H23NO2/c1-17(2,3)20-15(19)10-13-8-9-14(11-4-5-11)18-16(13)12-6-7-12/h8-9,11-12H,4-7,10H2,1-3H3. The molecule has 0 radical (unpaired) electrons. The van der Waals surface area contributed by atoms with E-state index in [-0.39, 0.29) is 5.97 Å². The van der Waals surface area contributed by atoms with Gasteiger partial charge in [-0.3, -0.25) is 9.78 Å². The van der Waals surface area contributed by atoms with Crippen LogP contribution in [-0.2, 0) is 16.0 Å². The highest BCUT2D eigenvalue weighted by Gasteiger charge is 2.31. The van der Waals surface area contributed by atoms with Crippen LogP contribution in [0.15, 0.2) is 12.1 Å². The molecule has 0 N–H and O–H groups in total. The van der Waals surface area contributed by atoms with E-state index in [0.29, 0.717) is 18.3 Å². The van der Waals surface area contributed by atoms with Gasteiger partial charge in [0.2, 0.25) is 0 Å². The molecule has 1 heterocycles. The predicted octanol–water partition coefficient (Wildman–Crippen LogP) is 3.72. The van der Waals surface area contributed by atoms with Crippen LogP contribution in [-0.4, -0.2) is 16.6 Å². The second-order valence-electron chi connectivity index (χ2n) is 7.09. The van der Waals surface area contributed by atoms with E-state index >= 15 is 0 Å². The average molecular weight is 273 g/mol. The number of hydrogen-bond donors (Lipinski definition) is 0. The fourth-order valence-electron chi connectivity index (χ4n) is 2.52. The summed E-state index contributed by atoms with van der Waals surface area (Å²) in [7, 11) is 0. The number of esters is 1. The molecule has 0 amide bonds. The Morgan fingerprint density at radius 3 is 2.40 bits per heavy atom. The lowest BCUT2D eigenvalue weighted by atomic mass is 10.0. The zero-order chi connectivity index (χ0) is 14.3. The molecule has 3 nitrogen and oxygen atoms in total. The molecule has 2 aliphatic carbocycles. The number of aromatic nitrogens is 1. The van der Waals surface area contributed by atoms with Crippen molar-refractivity contribution in [2.24, 2.45) is 0 Å². The zero-order valence-electron chi connectivity index (χ0n) is 12.6. The van der Waals surface area contributed by atoms with Crippen LogP contribution in [0.25, 0.3) is 0 Å². The molecule has 0 atom stereocenters. The Kier molecular flexibility index (Phi) is 3.31. The van der Waals surface area contributed by atoms with Crippen LogP contribution in [0.5, 0.6) is 0 Å². The number of ether oxygens (including phenoxy) is 1. The molecule has 2 aliphatic rings. The van der Waals surface area contributed by atoms with E-state index < -0.39 is 5.60 Å². The summed E-state index contributed by atoms with van der Waals surface area (Å²) >= 11 is 0. The van der Waals surface area contributed by atoms with Crippen molar-refractivity contribution < 1.29 is 9.53 Å². The summed E-state index contributed by atoms with van der Waals surface area (Å²) in [5, 5.41) is 0. The highest BCUT2D eigenvalue weighted by atomic mass is 16.6. The van der Waals surface area contributed by atoms with E-state index in [0.717, 1.165) is 11.3 Å². The van der Waals surface area contributed by atoms with Crippen LogP contribution in [0.3, 0.4) is 0 Å². The van der Waals surface area contributed by atoms with Crippen LogP contribution in [0, 0.1) is 0 Å². The molecule has 3 heteroatoms. The second kappa shape index (κ2) is 4.87. The van der Waals surface area contributed by atoms with E-state index in [1.807, 2.05) is 20.8 Å². The predicted molar refractivity (Wildman–Crippen MR) is 77.7 cm³/mol. The SMILES string of the molecule is CC(C)(C)OC(=O)Cc1ccc(C2CC2)nc1C1CC1. The van der Waals surface area contributed by atoms with Gasteiger partial charge in [-0.25, -0.2) is 0 Å². The lowest BCUT2D eigenvalue weighted by Gasteiger charge is -2.20. The molecule has 0 saturated heterocycles. The van der Waals surface area contributed by atoms with Crippen LogP contribution in [0.1, 0.15) is 75.2 Å². The van der Waals surface area contributed by atoms with Crippen molar-refractivity contribution >= 4 is 5.97 Å². The quantitative estimate of drug-likeness (QED) is 0.785. The Balaban J connectivity index is 1.76. The van der Waals surface area contributed by atoms with Crippen LogP contribution >= 0.6 is 0 Å². The summed E-state index contributed by atoms with van der Waals surface area (Å²) in [6, 6.07) is 4.20. The van der Waals surface area contributed by atoms with Crippen molar-refractivity contribution in [3.8, 4) is 0 Å². The van der Waals surface area contributed by atoms with Crippen molar-refractivity contribution in [2.75, 3.05) is 0 Å². The molecule has 2 saturated carbocycles. The Labute approximate surface area is 120 Å². The smallest absolute Gasteiger partial charge is 0.310 e. The van der Waals surface area contributed by atoms with E-state index in [2.05, 4.69) is 12.1 Å². The summed E-state index contributed by atoms with van der Waals surface area (Å²) in [6.45, 7) is 5.71. The average Bonchev–Trinajstić information content (AvgIpc) is 3.20. The van der Waals surface area contributed by atoms with Gasteiger partial charge < -0.3 is 4.74 Å². The number of rotatable bonds is 4. The van der Waals surface area contributed by atoms with Gasteiger partial charge in [-0.2, -0.15) is 0 Å². The maximum atomic E-state index is 12.0. The third-order valence-electron chi connectivity index (χ3n) is 3.75. The normalized spacial score (nSPS) is 18.9. The molecule has 0 spiro atoms. The molecule has 0 unspecified atom stereocenters. The number of pyridine rings is 1. The Morgan fingerprint density at radius 1 is 1.20 bits per heavy atom. The Morgan fingerprint density at radius 2 is 1.85 bits per heavy atom. The first-order valence-electron chi connectivity index (χ1n) is 7.64. The van der Waals surface area contributed by atoms with Crippen LogP contribution in [0.4, 0.5) is 0 Å². The largest absolute Gasteiger partial charge is 0.460 e. The van der Waals surface area contributed by atoms with Crippen molar-refractivity contribution in [3.05, 3.63) is 29.1 Å². The number of nitrogens with zero attached hydrogens (tertiary/aromatic N) is 1. The highest BCUT2D eigenvalue weighted by Crippen LogP contribution is 2.44. The van der Waals surface area contributed by atoms with Crippen LogP contribution < -0.4 is 0 Å². The van der Waals surface area contributed by atoms with Gasteiger partial charge in [0.15, 0.2) is 0 Å². The maximum absolute atomic E-state index is 12.0. The summed E-state index contributed by atoms with van der Waals surface area (Å²) in [5.41, 5.74) is 3.02. The third-order valence-corrected chi connectivity index (χ3v) is 3.75. The minimum atomic E-state index is -0.418. The van der Waals surface area contributed by atoms with Gasteiger partial charge in [-0.15, -0.1) is 0 Å². The molecule has 3 rings (SSSR count). The van der Waals surface area contributed by atoms with Gasteiger partial charge in [-0.1, -0.05) is 6.07 Å². The van der Waals surface area contributed by atoms with E-state index in [9.17, 15) is 4.79 Å². The lowest BCUT2D eigenvalue weighted by Crippen LogP contribution is -2.25. The molecule has 2 fully saturated rings. The first kappa shape index (κ1) is 13.6. The van der Waals surface area contributed by atoms with Gasteiger partial charge in [0.25, 0.3) is 0 Å². The molecular weight excluding hydrogens is 250 g/mol. The Hall–Kier alpha value is -1.38. The first-order valence-corrected chi connectivity index (χ1v) is 7.64. The monoisotopic (exact) mass is 273 g/mol. The van der Waals surface area contributed by atoms with Gasteiger partial charge in [-0.05, 0) is 58.1 Å². The molecule has 20 heavy (non-hydrogen) atoms. The highest BCUT2D eigenvalue weighted by molar-refractivity contribution is 5.73. The van der Waals surface area contributed by atoms with Gasteiger partial charge in [0, 0.05) is 23.2 Å². The van der Waals surface area contributed by atoms with Crippen molar-refractivity contribution in [3.63, 3.8) is 0 Å². The zero-order valence-corrected chi connectivity index (χ0v) is 12.6. The van der Waals surface area contributed by atoms with Gasteiger partial charge in [0.05, 0.1) is 6.42 Å². The molecular formula is C17H23NO2. The van der Waals surface area contributed by atoms with E-state index in [4.69, 9.17) is 9.72 Å². The minimum absolute atomic E-state index is 0.152. The minimum Gasteiger partial charge on any atom is -0.460 e. The molecule has 108 valence electrons. The summed E-state index contributed by atoms with van der Waals surface area (Å²) in [5.74, 6) is 1.09. The summed E-state index contributed by atoms with van der Waals surface area (Å²) in [6.07, 6.45) is 5.30. The number of hydrogen-bond acceptors (Lipinski definition) is 3. The van der Waals surface area contributed by atoms with Crippen molar-refractivity contribution in [1.82, 2.24) is 4.98 Å². The maximum Gasteiger partial charge on any atom is 0.310 e. The van der Waals surface area contributed by atoms with Crippen LogP contribution in [0.2, 0.25) is 0 Å². The fourth-order valence-corrected chi connectivity index (χ4v) is 2.52. The third kappa shape index (κ3) is 3.38. The van der Waals surface area contributed by atoms with Crippen molar-refractivity contribution in [2.45, 2.75) is 70.3 Å². The molecule has 1 aromatic rings. The van der Waals surface area contributed by atoms with E-state index in [1.165, 1.54) is 31.4 Å². The molecule has 1 aromatic heterocycles. The molecule has 0 aliphatic heterocycles. The second-order valence-corrected chi connectivity index (χ2v) is 7.09. The fraction of sp³-hybridized carbons (Fsp3) is 0.647. The lowest BCUT2D eigenvalue weighted by molar-refractivity contribution is -0.153. The van der Waals surface area contributed by atoms with Crippen molar-refractivity contribution in [1.29, 1.82) is 0 Å². The summed E-state index contributed by atoms with van der Waals surface area (Å²) in [4.78, 5) is 16.8. The summed E-state index contributed by atoms with van der Waals surface area (Å²) < 4.78 is 5.42. The van der Waals surface area contributed by atoms with Gasteiger partial charge in [0.1, 0.15) is 5.60 Å².